The molecule has 2 aromatic carbocycles. The number of hydrogen-bond donors (Lipinski definition) is 2. The molecule has 0 bridgehead atoms. The summed E-state index contributed by atoms with van der Waals surface area (Å²) in [5.41, 5.74) is 2.45. The fourth-order valence-corrected chi connectivity index (χ4v) is 2.69. The minimum atomic E-state index is 0.664. The first-order chi connectivity index (χ1) is 12.7. The molecule has 2 N–H and O–H groups in total. The summed E-state index contributed by atoms with van der Waals surface area (Å²) < 4.78 is 5.67. The van der Waals surface area contributed by atoms with Gasteiger partial charge in [0.05, 0.1) is 6.61 Å². The van der Waals surface area contributed by atoms with E-state index in [0.717, 1.165) is 36.9 Å². The summed E-state index contributed by atoms with van der Waals surface area (Å²) in [4.78, 5) is 6.59. The van der Waals surface area contributed by atoms with Crippen LogP contribution in [0.3, 0.4) is 0 Å². The van der Waals surface area contributed by atoms with Crippen LogP contribution in [0.15, 0.2) is 59.6 Å². The predicted octanol–water partition coefficient (Wildman–Crippen LogP) is 2.88. The van der Waals surface area contributed by atoms with Gasteiger partial charge in [0, 0.05) is 38.8 Å². The van der Waals surface area contributed by atoms with Crippen molar-refractivity contribution in [3.63, 3.8) is 0 Å². The Morgan fingerprint density at radius 1 is 1.04 bits per heavy atom. The number of nitrogens with zero attached hydrogens (tertiary/aromatic N) is 2. The molecule has 5 nitrogen and oxygen atoms in total. The summed E-state index contributed by atoms with van der Waals surface area (Å²) in [7, 11) is 3.92. The fraction of sp³-hybridized carbons (Fsp3) is 0.381. The molecule has 2 aromatic rings. The van der Waals surface area contributed by atoms with Crippen LogP contribution < -0.4 is 15.4 Å². The summed E-state index contributed by atoms with van der Waals surface area (Å²) in [6.45, 7) is 6.04. The molecule has 0 aromatic heterocycles. The third-order valence-electron chi connectivity index (χ3n) is 4.02. The summed E-state index contributed by atoms with van der Waals surface area (Å²) in [5, 5.41) is 6.71. The second kappa shape index (κ2) is 11.2. The van der Waals surface area contributed by atoms with Crippen molar-refractivity contribution in [2.75, 3.05) is 33.8 Å². The van der Waals surface area contributed by atoms with Gasteiger partial charge in [0.1, 0.15) is 5.75 Å². The summed E-state index contributed by atoms with van der Waals surface area (Å²) >= 11 is 0. The molecule has 26 heavy (non-hydrogen) atoms. The average Bonchev–Trinajstić information content (AvgIpc) is 2.66. The minimum absolute atomic E-state index is 0.664. The van der Waals surface area contributed by atoms with E-state index in [0.29, 0.717) is 13.2 Å². The monoisotopic (exact) mass is 354 g/mol. The Morgan fingerprint density at radius 3 is 2.50 bits per heavy atom. The van der Waals surface area contributed by atoms with E-state index in [1.807, 2.05) is 31.2 Å². The number of guanidine groups is 1. The first-order valence-electron chi connectivity index (χ1n) is 9.10. The van der Waals surface area contributed by atoms with Crippen LogP contribution in [0.25, 0.3) is 0 Å². The first-order valence-corrected chi connectivity index (χ1v) is 9.10. The van der Waals surface area contributed by atoms with Crippen molar-refractivity contribution in [2.24, 2.45) is 4.99 Å². The van der Waals surface area contributed by atoms with Crippen molar-refractivity contribution in [3.8, 4) is 5.75 Å². The molecule has 0 saturated heterocycles. The maximum Gasteiger partial charge on any atom is 0.191 e. The van der Waals surface area contributed by atoms with Gasteiger partial charge in [-0.05, 0) is 25.6 Å². The number of likely N-dealkylation sites (N-methyl/N-ethyl adjacent to an activating group) is 1. The van der Waals surface area contributed by atoms with E-state index in [2.05, 4.69) is 57.9 Å². The van der Waals surface area contributed by atoms with Crippen LogP contribution in [0.4, 0.5) is 0 Å². The normalized spacial score (nSPS) is 11.5. The third kappa shape index (κ3) is 6.76. The molecule has 0 spiro atoms. The van der Waals surface area contributed by atoms with Crippen LogP contribution in [-0.4, -0.2) is 44.7 Å². The molecule has 0 heterocycles. The second-order valence-corrected chi connectivity index (χ2v) is 6.12. The Morgan fingerprint density at radius 2 is 1.77 bits per heavy atom. The molecule has 2 rings (SSSR count). The van der Waals surface area contributed by atoms with Crippen molar-refractivity contribution in [1.82, 2.24) is 15.5 Å². The van der Waals surface area contributed by atoms with Crippen molar-refractivity contribution < 1.29 is 4.74 Å². The van der Waals surface area contributed by atoms with Gasteiger partial charge in [0.2, 0.25) is 0 Å². The molecular weight excluding hydrogens is 324 g/mol. The molecule has 0 radical (unpaired) electrons. The number of ether oxygens (including phenoxy) is 1. The van der Waals surface area contributed by atoms with Crippen molar-refractivity contribution >= 4 is 5.96 Å². The van der Waals surface area contributed by atoms with Crippen molar-refractivity contribution in [1.29, 1.82) is 0 Å². The van der Waals surface area contributed by atoms with Gasteiger partial charge in [-0.15, -0.1) is 0 Å². The molecule has 0 aliphatic rings. The van der Waals surface area contributed by atoms with Crippen LogP contribution in [-0.2, 0) is 13.1 Å². The Kier molecular flexibility index (Phi) is 8.49. The highest BCUT2D eigenvalue weighted by atomic mass is 16.5. The minimum Gasteiger partial charge on any atom is -0.494 e. The smallest absolute Gasteiger partial charge is 0.191 e. The highest BCUT2D eigenvalue weighted by Crippen LogP contribution is 2.17. The van der Waals surface area contributed by atoms with E-state index in [-0.39, 0.29) is 0 Å². The number of benzene rings is 2. The van der Waals surface area contributed by atoms with Crippen LogP contribution in [0, 0.1) is 0 Å². The first kappa shape index (κ1) is 19.8. The number of para-hydroxylation sites is 1. The van der Waals surface area contributed by atoms with Crippen molar-refractivity contribution in [3.05, 3.63) is 65.7 Å². The standard InChI is InChI=1S/C21H30N4O/c1-4-26-20-13-9-8-12-19(20)16-24-21(22-2)23-14-15-25(3)17-18-10-6-5-7-11-18/h5-13H,4,14-17H2,1-3H3,(H2,22,23,24). The topological polar surface area (TPSA) is 48.9 Å². The summed E-state index contributed by atoms with van der Waals surface area (Å²) in [6.07, 6.45) is 0. The Labute approximate surface area is 157 Å². The van der Waals surface area contributed by atoms with Gasteiger partial charge in [-0.2, -0.15) is 0 Å². The molecule has 0 amide bonds. The lowest BCUT2D eigenvalue weighted by atomic mass is 10.2. The molecule has 0 saturated carbocycles. The molecule has 0 aliphatic carbocycles. The maximum absolute atomic E-state index is 5.67. The number of hydrogen-bond acceptors (Lipinski definition) is 3. The van der Waals surface area contributed by atoms with Gasteiger partial charge in [-0.25, -0.2) is 0 Å². The van der Waals surface area contributed by atoms with Gasteiger partial charge in [-0.3, -0.25) is 4.99 Å². The molecule has 5 heteroatoms. The van der Waals surface area contributed by atoms with E-state index in [1.165, 1.54) is 5.56 Å². The average molecular weight is 354 g/mol. The lowest BCUT2D eigenvalue weighted by Crippen LogP contribution is -2.40. The zero-order valence-corrected chi connectivity index (χ0v) is 16.0. The highest BCUT2D eigenvalue weighted by molar-refractivity contribution is 5.79. The van der Waals surface area contributed by atoms with Gasteiger partial charge in [0.25, 0.3) is 0 Å². The largest absolute Gasteiger partial charge is 0.494 e. The molecular formula is C21H30N4O. The van der Waals surface area contributed by atoms with Gasteiger partial charge >= 0.3 is 0 Å². The lowest BCUT2D eigenvalue weighted by Gasteiger charge is -2.18. The third-order valence-corrected chi connectivity index (χ3v) is 4.02. The number of aliphatic imine (C=N–C) groups is 1. The van der Waals surface area contributed by atoms with E-state index < -0.39 is 0 Å². The summed E-state index contributed by atoms with van der Waals surface area (Å²) in [5.74, 6) is 1.71. The zero-order chi connectivity index (χ0) is 18.6. The van der Waals surface area contributed by atoms with Gasteiger partial charge < -0.3 is 20.3 Å². The quantitative estimate of drug-likeness (QED) is 0.537. The van der Waals surface area contributed by atoms with Crippen LogP contribution >= 0.6 is 0 Å². The highest BCUT2D eigenvalue weighted by Gasteiger charge is 2.05. The van der Waals surface area contributed by atoms with Crippen LogP contribution in [0.1, 0.15) is 18.1 Å². The molecule has 0 atom stereocenters. The predicted molar refractivity (Wildman–Crippen MR) is 109 cm³/mol. The second-order valence-electron chi connectivity index (χ2n) is 6.12. The van der Waals surface area contributed by atoms with E-state index in [1.54, 1.807) is 7.05 Å². The Hall–Kier alpha value is -2.53. The zero-order valence-electron chi connectivity index (χ0n) is 16.0. The van der Waals surface area contributed by atoms with Gasteiger partial charge in [0.15, 0.2) is 5.96 Å². The number of rotatable bonds is 9. The van der Waals surface area contributed by atoms with Crippen LogP contribution in [0.2, 0.25) is 0 Å². The maximum atomic E-state index is 5.67. The molecule has 0 fully saturated rings. The summed E-state index contributed by atoms with van der Waals surface area (Å²) in [6, 6.07) is 18.6. The van der Waals surface area contributed by atoms with Crippen LogP contribution in [0.5, 0.6) is 5.75 Å². The Balaban J connectivity index is 1.74. The molecule has 140 valence electrons. The number of nitrogens with one attached hydrogen (secondary N) is 2. The van der Waals surface area contributed by atoms with E-state index in [4.69, 9.17) is 4.74 Å². The van der Waals surface area contributed by atoms with Crippen molar-refractivity contribution in [2.45, 2.75) is 20.0 Å². The fourth-order valence-electron chi connectivity index (χ4n) is 2.69. The molecule has 0 aliphatic heterocycles. The SMILES string of the molecule is CCOc1ccccc1CNC(=NC)NCCN(C)Cc1ccccc1. The lowest BCUT2D eigenvalue weighted by molar-refractivity contribution is 0.331. The molecule has 0 unspecified atom stereocenters. The van der Waals surface area contributed by atoms with Gasteiger partial charge in [-0.1, -0.05) is 48.5 Å². The van der Waals surface area contributed by atoms with E-state index in [9.17, 15) is 0 Å². The van der Waals surface area contributed by atoms with E-state index >= 15 is 0 Å². The Bertz CT molecular complexity index is 673.